The van der Waals surface area contributed by atoms with Gasteiger partial charge in [-0.15, -0.1) is 0 Å². The van der Waals surface area contributed by atoms with Gasteiger partial charge < -0.3 is 9.47 Å². The lowest BCUT2D eigenvalue weighted by Gasteiger charge is -2.09. The van der Waals surface area contributed by atoms with Crippen LogP contribution < -0.4 is 20.5 Å². The fourth-order valence-corrected chi connectivity index (χ4v) is 2.76. The van der Waals surface area contributed by atoms with Gasteiger partial charge >= 0.3 is 0 Å². The van der Waals surface area contributed by atoms with Gasteiger partial charge in [-0.05, 0) is 25.1 Å². The Labute approximate surface area is 161 Å². The van der Waals surface area contributed by atoms with Gasteiger partial charge in [0.1, 0.15) is 11.5 Å². The molecule has 3 aromatic rings. The maximum atomic E-state index is 12.6. The number of aromatic nitrogens is 2. The largest absolute Gasteiger partial charge is 0.497 e. The molecule has 8 heteroatoms. The molecule has 2 aromatic carbocycles. The van der Waals surface area contributed by atoms with Crippen molar-refractivity contribution in [3.63, 3.8) is 0 Å². The number of rotatable bonds is 6. The van der Waals surface area contributed by atoms with Crippen LogP contribution in [0.15, 0.2) is 52.4 Å². The fourth-order valence-electron chi connectivity index (χ4n) is 2.76. The standard InChI is InChI=1S/C20H20N4O4/c1-4-24-20(26)16-8-6-5-7-15(16)18(23-24)19(25)22-21-12-13-9-10-14(27-2)11-17(13)28-3/h5-12H,4H2,1-3H3,(H,22,25)/b21-12+. The lowest BCUT2D eigenvalue weighted by molar-refractivity contribution is 0.0949. The second-order valence-electron chi connectivity index (χ2n) is 5.82. The third-order valence-corrected chi connectivity index (χ3v) is 4.19. The van der Waals surface area contributed by atoms with E-state index in [1.165, 1.54) is 18.0 Å². The number of carbonyl (C=O) groups excluding carboxylic acids is 1. The minimum Gasteiger partial charge on any atom is -0.497 e. The van der Waals surface area contributed by atoms with E-state index in [1.54, 1.807) is 56.5 Å². The summed E-state index contributed by atoms with van der Waals surface area (Å²) in [4.78, 5) is 25.0. The number of aryl methyl sites for hydroxylation is 1. The molecule has 1 aromatic heterocycles. The molecule has 0 saturated carbocycles. The van der Waals surface area contributed by atoms with E-state index in [-0.39, 0.29) is 11.3 Å². The first-order valence-corrected chi connectivity index (χ1v) is 8.64. The molecule has 28 heavy (non-hydrogen) atoms. The van der Waals surface area contributed by atoms with Gasteiger partial charge in [-0.2, -0.15) is 10.2 Å². The van der Waals surface area contributed by atoms with Gasteiger partial charge in [0.05, 0.1) is 25.8 Å². The van der Waals surface area contributed by atoms with E-state index in [1.807, 2.05) is 0 Å². The van der Waals surface area contributed by atoms with Gasteiger partial charge in [0.15, 0.2) is 5.69 Å². The zero-order valence-electron chi connectivity index (χ0n) is 15.8. The molecule has 144 valence electrons. The van der Waals surface area contributed by atoms with Crippen LogP contribution in [0.3, 0.4) is 0 Å². The van der Waals surface area contributed by atoms with Gasteiger partial charge in [-0.1, -0.05) is 18.2 Å². The summed E-state index contributed by atoms with van der Waals surface area (Å²) in [5.74, 6) is 0.693. The van der Waals surface area contributed by atoms with Crippen molar-refractivity contribution in [2.24, 2.45) is 5.10 Å². The highest BCUT2D eigenvalue weighted by Crippen LogP contribution is 2.23. The van der Waals surface area contributed by atoms with Crippen molar-refractivity contribution < 1.29 is 14.3 Å². The first-order valence-electron chi connectivity index (χ1n) is 8.64. The second-order valence-corrected chi connectivity index (χ2v) is 5.82. The molecular formula is C20H20N4O4. The van der Waals surface area contributed by atoms with Crippen LogP contribution in [0, 0.1) is 0 Å². The van der Waals surface area contributed by atoms with Crippen molar-refractivity contribution >= 4 is 22.9 Å². The number of methoxy groups -OCH3 is 2. The third kappa shape index (κ3) is 3.71. The van der Waals surface area contributed by atoms with Gasteiger partial charge in [-0.25, -0.2) is 10.1 Å². The van der Waals surface area contributed by atoms with Gasteiger partial charge in [-0.3, -0.25) is 9.59 Å². The average molecular weight is 380 g/mol. The summed E-state index contributed by atoms with van der Waals surface area (Å²) in [6.07, 6.45) is 1.47. The van der Waals surface area contributed by atoms with Gasteiger partial charge in [0.2, 0.25) is 0 Å². The van der Waals surface area contributed by atoms with E-state index >= 15 is 0 Å². The minimum atomic E-state index is -0.512. The zero-order chi connectivity index (χ0) is 20.1. The summed E-state index contributed by atoms with van der Waals surface area (Å²) in [7, 11) is 3.10. The topological polar surface area (TPSA) is 94.8 Å². The highest BCUT2D eigenvalue weighted by molar-refractivity contribution is 6.05. The third-order valence-electron chi connectivity index (χ3n) is 4.19. The number of nitrogens with zero attached hydrogens (tertiary/aromatic N) is 3. The summed E-state index contributed by atoms with van der Waals surface area (Å²) in [5, 5.41) is 9.09. The van der Waals surface area contributed by atoms with Crippen LogP contribution in [0.2, 0.25) is 0 Å². The maximum Gasteiger partial charge on any atom is 0.292 e. The number of carbonyl (C=O) groups is 1. The summed E-state index contributed by atoms with van der Waals surface area (Å²) >= 11 is 0. The number of fused-ring (bicyclic) bond motifs is 1. The lowest BCUT2D eigenvalue weighted by Crippen LogP contribution is -2.28. The Morgan fingerprint density at radius 1 is 1.18 bits per heavy atom. The second kappa shape index (κ2) is 8.34. The Balaban J connectivity index is 1.89. The first-order chi connectivity index (χ1) is 13.6. The van der Waals surface area contributed by atoms with E-state index in [4.69, 9.17) is 9.47 Å². The first kappa shape index (κ1) is 19.1. The molecule has 0 aliphatic carbocycles. The highest BCUT2D eigenvalue weighted by Gasteiger charge is 2.15. The highest BCUT2D eigenvalue weighted by atomic mass is 16.5. The quantitative estimate of drug-likeness (QED) is 0.523. The number of amides is 1. The Morgan fingerprint density at radius 2 is 1.93 bits per heavy atom. The molecule has 1 amide bonds. The number of nitrogens with one attached hydrogen (secondary N) is 1. The Kier molecular flexibility index (Phi) is 5.69. The Hall–Kier alpha value is -3.68. The van der Waals surface area contributed by atoms with Crippen LogP contribution in [0.4, 0.5) is 0 Å². The van der Waals surface area contributed by atoms with Crippen LogP contribution in [0.25, 0.3) is 10.8 Å². The molecule has 0 bridgehead atoms. The Morgan fingerprint density at radius 3 is 2.61 bits per heavy atom. The van der Waals surface area contributed by atoms with Crippen LogP contribution >= 0.6 is 0 Å². The fraction of sp³-hybridized carbons (Fsp3) is 0.200. The number of hydrogen-bond acceptors (Lipinski definition) is 6. The van der Waals surface area contributed by atoms with Crippen LogP contribution in [-0.2, 0) is 6.54 Å². The SMILES string of the molecule is CCn1nc(C(=O)N/N=C/c2ccc(OC)cc2OC)c2ccccc2c1=O. The van der Waals surface area contributed by atoms with Crippen molar-refractivity contribution in [2.75, 3.05) is 14.2 Å². The molecule has 0 radical (unpaired) electrons. The molecule has 1 heterocycles. The van der Waals surface area contributed by atoms with Gasteiger partial charge in [0.25, 0.3) is 11.5 Å². The molecule has 0 fully saturated rings. The van der Waals surface area contributed by atoms with Crippen LogP contribution in [0.5, 0.6) is 11.5 Å². The normalized spacial score (nSPS) is 11.0. The van der Waals surface area contributed by atoms with Crippen molar-refractivity contribution in [2.45, 2.75) is 13.5 Å². The molecule has 0 aliphatic rings. The molecule has 1 N–H and O–H groups in total. The number of hydrazone groups is 1. The molecule has 3 rings (SSSR count). The summed E-state index contributed by atoms with van der Waals surface area (Å²) < 4.78 is 11.7. The smallest absolute Gasteiger partial charge is 0.292 e. The van der Waals surface area contributed by atoms with E-state index in [0.29, 0.717) is 34.4 Å². The molecule has 0 saturated heterocycles. The predicted octanol–water partition coefficient (Wildman–Crippen LogP) is 2.20. The van der Waals surface area contributed by atoms with E-state index in [2.05, 4.69) is 15.6 Å². The number of ether oxygens (including phenoxy) is 2. The van der Waals surface area contributed by atoms with Crippen molar-refractivity contribution in [3.05, 3.63) is 64.1 Å². The van der Waals surface area contributed by atoms with Crippen molar-refractivity contribution in [1.82, 2.24) is 15.2 Å². The lowest BCUT2D eigenvalue weighted by atomic mass is 10.1. The van der Waals surface area contributed by atoms with E-state index in [9.17, 15) is 9.59 Å². The molecule has 0 unspecified atom stereocenters. The molecule has 0 atom stereocenters. The van der Waals surface area contributed by atoms with E-state index < -0.39 is 5.91 Å². The summed E-state index contributed by atoms with van der Waals surface area (Å²) in [5.41, 5.74) is 3.02. The van der Waals surface area contributed by atoms with Crippen LogP contribution in [0.1, 0.15) is 23.0 Å². The van der Waals surface area contributed by atoms with Crippen LogP contribution in [-0.4, -0.2) is 36.1 Å². The number of benzene rings is 2. The summed E-state index contributed by atoms with van der Waals surface area (Å²) in [6.45, 7) is 2.15. The van der Waals surface area contributed by atoms with Gasteiger partial charge in [0, 0.05) is 23.6 Å². The molecule has 0 aliphatic heterocycles. The summed E-state index contributed by atoms with van der Waals surface area (Å²) in [6, 6.07) is 12.1. The minimum absolute atomic E-state index is 0.135. The number of hydrogen-bond donors (Lipinski definition) is 1. The van der Waals surface area contributed by atoms with Crippen molar-refractivity contribution in [1.29, 1.82) is 0 Å². The monoisotopic (exact) mass is 380 g/mol. The molecule has 0 spiro atoms. The van der Waals surface area contributed by atoms with Crippen molar-refractivity contribution in [3.8, 4) is 11.5 Å². The maximum absolute atomic E-state index is 12.6. The van der Waals surface area contributed by atoms with E-state index in [0.717, 1.165) is 0 Å². The predicted molar refractivity (Wildman–Crippen MR) is 106 cm³/mol. The zero-order valence-corrected chi connectivity index (χ0v) is 15.8. The average Bonchev–Trinajstić information content (AvgIpc) is 2.74. The Bertz CT molecular complexity index is 1110. The molecule has 8 nitrogen and oxygen atoms in total. The molecular weight excluding hydrogens is 360 g/mol.